The Kier molecular flexibility index (Phi) is 10.7. The van der Waals surface area contributed by atoms with Crippen LogP contribution in [0.4, 0.5) is 0 Å². The van der Waals surface area contributed by atoms with Crippen molar-refractivity contribution in [2.24, 2.45) is 5.41 Å². The second-order valence-electron chi connectivity index (χ2n) is 6.23. The highest BCUT2D eigenvalue weighted by Gasteiger charge is 2.30. The van der Waals surface area contributed by atoms with Crippen molar-refractivity contribution in [3.8, 4) is 0 Å². The van der Waals surface area contributed by atoms with Gasteiger partial charge in [-0.2, -0.15) is 0 Å². The monoisotopic (exact) mass is 340 g/mol. The first-order valence-electron chi connectivity index (χ1n) is 8.38. The Labute approximate surface area is 153 Å². The second kappa shape index (κ2) is 11.9. The molecule has 136 valence electrons. The second-order valence-corrected chi connectivity index (χ2v) is 6.23. The molecular weight excluding hydrogens is 308 g/mol. The number of hydrogen-bond acceptors (Lipinski definition) is 2. The van der Waals surface area contributed by atoms with Gasteiger partial charge in [-0.25, -0.2) is 0 Å². The van der Waals surface area contributed by atoms with Crippen LogP contribution < -0.4 is 10.6 Å². The summed E-state index contributed by atoms with van der Waals surface area (Å²) in [6.45, 7) is 27.9. The van der Waals surface area contributed by atoms with Crippen molar-refractivity contribution in [2.75, 3.05) is 13.1 Å². The number of nitrogens with one attached hydrogen (secondary N) is 2. The third-order valence-electron chi connectivity index (χ3n) is 4.29. The summed E-state index contributed by atoms with van der Waals surface area (Å²) in [5.41, 5.74) is 2.52. The normalized spacial score (nSPS) is 10.2. The number of allylic oxidation sites excluding steroid dienone is 5. The minimum Gasteiger partial charge on any atom is -0.385 e. The Morgan fingerprint density at radius 1 is 0.760 bits per heavy atom. The van der Waals surface area contributed by atoms with Crippen LogP contribution in [0.1, 0.15) is 25.7 Å². The smallest absolute Gasteiger partial charge is 0.243 e. The zero-order valence-corrected chi connectivity index (χ0v) is 15.4. The summed E-state index contributed by atoms with van der Waals surface area (Å²) in [4.78, 5) is 11.7. The summed E-state index contributed by atoms with van der Waals surface area (Å²) in [6.07, 6.45) is 9.79. The van der Waals surface area contributed by atoms with Crippen molar-refractivity contribution in [3.63, 3.8) is 0 Å². The van der Waals surface area contributed by atoms with Crippen LogP contribution in [-0.4, -0.2) is 19.0 Å². The van der Waals surface area contributed by atoms with Crippen LogP contribution in [0.15, 0.2) is 87.2 Å². The molecule has 0 aromatic heterocycles. The van der Waals surface area contributed by atoms with Gasteiger partial charge in [0.1, 0.15) is 0 Å². The van der Waals surface area contributed by atoms with E-state index >= 15 is 0 Å². The van der Waals surface area contributed by atoms with E-state index in [2.05, 4.69) is 56.7 Å². The summed E-state index contributed by atoms with van der Waals surface area (Å²) in [6, 6.07) is 0. The summed E-state index contributed by atoms with van der Waals surface area (Å²) >= 11 is 0. The maximum atomic E-state index is 11.7. The zero-order chi connectivity index (χ0) is 19.3. The Balaban J connectivity index is 5.36. The standard InChI is InChI=1S/C22H32N2O/c1-8-18(5)12-14-22(15-13-19(6)9-2,16-23-20(7)10-3)17-24-21(25)11-4/h8-11,23H,1-7,12-17H2,(H,24,25). The molecule has 3 nitrogen and oxygen atoms in total. The third kappa shape index (κ3) is 9.36. The van der Waals surface area contributed by atoms with Gasteiger partial charge < -0.3 is 10.6 Å². The number of amides is 1. The van der Waals surface area contributed by atoms with E-state index in [4.69, 9.17) is 0 Å². The predicted molar refractivity (Wildman–Crippen MR) is 110 cm³/mol. The largest absolute Gasteiger partial charge is 0.385 e. The van der Waals surface area contributed by atoms with E-state index in [1.807, 2.05) is 0 Å². The fourth-order valence-electron chi connectivity index (χ4n) is 2.32. The third-order valence-corrected chi connectivity index (χ3v) is 4.29. The van der Waals surface area contributed by atoms with Gasteiger partial charge in [-0.15, -0.1) is 0 Å². The molecule has 0 aromatic carbocycles. The number of hydrogen-bond donors (Lipinski definition) is 2. The molecule has 0 aliphatic rings. The predicted octanol–water partition coefficient (Wildman–Crippen LogP) is 4.61. The highest BCUT2D eigenvalue weighted by molar-refractivity contribution is 5.86. The first-order valence-corrected chi connectivity index (χ1v) is 8.38. The summed E-state index contributed by atoms with van der Waals surface area (Å²) < 4.78 is 0. The van der Waals surface area contributed by atoms with Crippen molar-refractivity contribution >= 4 is 5.91 Å². The average Bonchev–Trinajstić information content (AvgIpc) is 2.65. The number of carbonyl (C=O) groups excluding carboxylic acids is 1. The van der Waals surface area contributed by atoms with Gasteiger partial charge in [0.25, 0.3) is 0 Å². The lowest BCUT2D eigenvalue weighted by molar-refractivity contribution is -0.117. The molecule has 0 aliphatic heterocycles. The van der Waals surface area contributed by atoms with Crippen molar-refractivity contribution in [2.45, 2.75) is 25.7 Å². The van der Waals surface area contributed by atoms with Gasteiger partial charge in [0, 0.05) is 24.2 Å². The molecule has 0 rings (SSSR count). The topological polar surface area (TPSA) is 41.1 Å². The highest BCUT2D eigenvalue weighted by Crippen LogP contribution is 2.32. The lowest BCUT2D eigenvalue weighted by Gasteiger charge is -2.35. The molecule has 0 radical (unpaired) electrons. The molecule has 0 unspecified atom stereocenters. The van der Waals surface area contributed by atoms with Crippen LogP contribution in [0.2, 0.25) is 0 Å². The number of rotatable bonds is 15. The van der Waals surface area contributed by atoms with Gasteiger partial charge in [0.05, 0.1) is 0 Å². The summed E-state index contributed by atoms with van der Waals surface area (Å²) in [7, 11) is 0. The molecule has 0 spiro atoms. The van der Waals surface area contributed by atoms with Crippen LogP contribution in [0, 0.1) is 5.41 Å². The molecule has 0 atom stereocenters. The minimum atomic E-state index is -0.192. The molecule has 0 bridgehead atoms. The maximum absolute atomic E-state index is 11.7. The quantitative estimate of drug-likeness (QED) is 0.338. The first kappa shape index (κ1) is 22.4. The van der Waals surface area contributed by atoms with Crippen LogP contribution in [0.25, 0.3) is 0 Å². The minimum absolute atomic E-state index is 0.183. The van der Waals surface area contributed by atoms with E-state index < -0.39 is 0 Å². The van der Waals surface area contributed by atoms with Crippen molar-refractivity contribution in [1.29, 1.82) is 0 Å². The van der Waals surface area contributed by atoms with E-state index in [-0.39, 0.29) is 11.3 Å². The van der Waals surface area contributed by atoms with E-state index in [1.54, 1.807) is 18.2 Å². The zero-order valence-electron chi connectivity index (χ0n) is 15.4. The molecule has 0 fully saturated rings. The van der Waals surface area contributed by atoms with Crippen LogP contribution in [0.5, 0.6) is 0 Å². The van der Waals surface area contributed by atoms with E-state index in [1.165, 1.54) is 6.08 Å². The van der Waals surface area contributed by atoms with E-state index in [0.29, 0.717) is 13.1 Å². The molecule has 0 saturated carbocycles. The lowest BCUT2D eigenvalue weighted by Crippen LogP contribution is -2.43. The number of carbonyl (C=O) groups is 1. The molecular formula is C22H32N2O. The van der Waals surface area contributed by atoms with Crippen molar-refractivity contribution in [1.82, 2.24) is 10.6 Å². The molecule has 1 amide bonds. The van der Waals surface area contributed by atoms with Gasteiger partial charge in [-0.3, -0.25) is 4.79 Å². The fraction of sp³-hybridized carbons (Fsp3) is 0.318. The van der Waals surface area contributed by atoms with Crippen molar-refractivity contribution in [3.05, 3.63) is 87.2 Å². The van der Waals surface area contributed by atoms with Crippen LogP contribution in [-0.2, 0) is 4.79 Å². The van der Waals surface area contributed by atoms with Gasteiger partial charge in [-0.1, -0.05) is 69.4 Å². The fourth-order valence-corrected chi connectivity index (χ4v) is 2.32. The Hall–Kier alpha value is -2.55. The summed E-state index contributed by atoms with van der Waals surface area (Å²) in [5, 5.41) is 6.23. The first-order chi connectivity index (χ1) is 11.8. The summed E-state index contributed by atoms with van der Waals surface area (Å²) in [5.74, 6) is -0.183. The molecule has 0 aromatic rings. The van der Waals surface area contributed by atoms with Crippen molar-refractivity contribution < 1.29 is 4.79 Å². The van der Waals surface area contributed by atoms with Crippen LogP contribution in [0.3, 0.4) is 0 Å². The Morgan fingerprint density at radius 2 is 1.24 bits per heavy atom. The highest BCUT2D eigenvalue weighted by atomic mass is 16.1. The molecule has 0 aliphatic carbocycles. The average molecular weight is 341 g/mol. The molecule has 2 N–H and O–H groups in total. The molecule has 0 saturated heterocycles. The van der Waals surface area contributed by atoms with Gasteiger partial charge in [0.2, 0.25) is 5.91 Å². The maximum Gasteiger partial charge on any atom is 0.243 e. The molecule has 0 heterocycles. The van der Waals surface area contributed by atoms with Gasteiger partial charge in [0.15, 0.2) is 0 Å². The van der Waals surface area contributed by atoms with E-state index in [9.17, 15) is 4.79 Å². The lowest BCUT2D eigenvalue weighted by atomic mass is 9.76. The Morgan fingerprint density at radius 3 is 1.64 bits per heavy atom. The molecule has 3 heteroatoms. The van der Waals surface area contributed by atoms with Crippen LogP contribution >= 0.6 is 0 Å². The van der Waals surface area contributed by atoms with Gasteiger partial charge in [-0.05, 0) is 37.8 Å². The SMILES string of the molecule is C=CC(=C)CCC(CCC(=C)C=C)(CNC(=C)C=C)CNC(=O)C=C. The Bertz CT molecular complexity index is 453. The molecule has 25 heavy (non-hydrogen) atoms. The van der Waals surface area contributed by atoms with E-state index in [0.717, 1.165) is 42.5 Å². The van der Waals surface area contributed by atoms with Gasteiger partial charge >= 0.3 is 0 Å².